The van der Waals surface area contributed by atoms with Crippen molar-refractivity contribution < 1.29 is 13.5 Å². The Labute approximate surface area is 110 Å². The van der Waals surface area contributed by atoms with E-state index in [1.54, 1.807) is 0 Å². The molecule has 5 heteroatoms. The summed E-state index contributed by atoms with van der Waals surface area (Å²) in [6, 6.07) is 7.43. The molecule has 0 amide bonds. The van der Waals surface area contributed by atoms with Crippen molar-refractivity contribution in [2.75, 3.05) is 11.9 Å². The van der Waals surface area contributed by atoms with E-state index in [2.05, 4.69) is 31.9 Å². The van der Waals surface area contributed by atoms with Gasteiger partial charge in [-0.15, -0.1) is 0 Å². The second kappa shape index (κ2) is 6.07. The predicted octanol–water partition coefficient (Wildman–Crippen LogP) is 4.56. The summed E-state index contributed by atoms with van der Waals surface area (Å²) < 4.78 is 31.4. The molecule has 0 bridgehead atoms. The smallest absolute Gasteiger partial charge is 0.268 e. The first-order valence-corrected chi connectivity index (χ1v) is 6.65. The van der Waals surface area contributed by atoms with Crippen LogP contribution in [0.3, 0.4) is 0 Å². The second-order valence-electron chi connectivity index (χ2n) is 3.55. The Morgan fingerprint density at radius 1 is 1.38 bits per heavy atom. The van der Waals surface area contributed by atoms with Crippen molar-refractivity contribution in [3.63, 3.8) is 0 Å². The summed E-state index contributed by atoms with van der Waals surface area (Å²) in [4.78, 5) is 0. The molecule has 16 heavy (non-hydrogen) atoms. The van der Waals surface area contributed by atoms with Crippen LogP contribution in [-0.2, 0) is 4.74 Å². The van der Waals surface area contributed by atoms with E-state index >= 15 is 0 Å². The lowest BCUT2D eigenvalue weighted by Crippen LogP contribution is -2.21. The summed E-state index contributed by atoms with van der Waals surface area (Å²) in [6.45, 7) is 0.267. The fourth-order valence-corrected chi connectivity index (χ4v) is 2.28. The Morgan fingerprint density at radius 3 is 2.50 bits per heavy atom. The van der Waals surface area contributed by atoms with Crippen molar-refractivity contribution >= 4 is 31.9 Å². The van der Waals surface area contributed by atoms with E-state index in [9.17, 15) is 8.78 Å². The van der Waals surface area contributed by atoms with Crippen LogP contribution >= 0.6 is 31.9 Å². The molecule has 0 fully saturated rings. The van der Waals surface area contributed by atoms with Crippen LogP contribution in [0.4, 0.5) is 8.78 Å². The first-order valence-electron chi connectivity index (χ1n) is 4.74. The fourth-order valence-electron chi connectivity index (χ4n) is 1.20. The topological polar surface area (TPSA) is 9.23 Å². The summed E-state index contributed by atoms with van der Waals surface area (Å²) in [6.07, 6.45) is -0.374. The molecular formula is C11H12Br2F2O. The van der Waals surface area contributed by atoms with E-state index < -0.39 is 12.5 Å². The molecule has 90 valence electrons. The minimum Gasteiger partial charge on any atom is -0.366 e. The van der Waals surface area contributed by atoms with Gasteiger partial charge in [-0.1, -0.05) is 50.1 Å². The van der Waals surface area contributed by atoms with Gasteiger partial charge in [0, 0.05) is 16.7 Å². The fraction of sp³-hybridized carbons (Fsp3) is 0.455. The van der Waals surface area contributed by atoms with Gasteiger partial charge >= 0.3 is 0 Å². The first-order chi connectivity index (χ1) is 7.44. The lowest BCUT2D eigenvalue weighted by atomic mass is 10.1. The maximum Gasteiger partial charge on any atom is 0.268 e. The molecule has 1 atom stereocenters. The monoisotopic (exact) mass is 356 g/mol. The van der Waals surface area contributed by atoms with Crippen LogP contribution in [0.25, 0.3) is 0 Å². The standard InChI is InChI=1S/C11H12Br2F2O/c1-11(14,15)7-16-10(6-12)8-4-2-3-5-9(8)13/h2-5,10H,6-7H2,1H3. The SMILES string of the molecule is CC(F)(F)COC(CBr)c1ccccc1Br. The summed E-state index contributed by atoms with van der Waals surface area (Å²) in [5, 5.41) is 0.478. The molecule has 0 aliphatic carbocycles. The highest BCUT2D eigenvalue weighted by molar-refractivity contribution is 9.10. The van der Waals surface area contributed by atoms with Crippen molar-refractivity contribution in [3.05, 3.63) is 34.3 Å². The van der Waals surface area contributed by atoms with Gasteiger partial charge in [0.1, 0.15) is 6.61 Å². The van der Waals surface area contributed by atoms with Crippen LogP contribution in [0.15, 0.2) is 28.7 Å². The van der Waals surface area contributed by atoms with E-state index in [0.29, 0.717) is 5.33 Å². The van der Waals surface area contributed by atoms with Gasteiger partial charge in [0.2, 0.25) is 0 Å². The average Bonchev–Trinajstić information content (AvgIpc) is 2.20. The lowest BCUT2D eigenvalue weighted by molar-refractivity contribution is -0.0829. The zero-order valence-electron chi connectivity index (χ0n) is 8.72. The number of alkyl halides is 3. The number of hydrogen-bond acceptors (Lipinski definition) is 1. The Bertz CT molecular complexity index is 339. The van der Waals surface area contributed by atoms with E-state index in [1.165, 1.54) is 0 Å². The molecule has 0 saturated carbocycles. The van der Waals surface area contributed by atoms with Crippen molar-refractivity contribution in [2.24, 2.45) is 0 Å². The van der Waals surface area contributed by atoms with Gasteiger partial charge in [-0.05, 0) is 11.6 Å². The zero-order chi connectivity index (χ0) is 12.2. The van der Waals surface area contributed by atoms with Crippen LogP contribution in [0, 0.1) is 0 Å². The first kappa shape index (κ1) is 14.1. The second-order valence-corrected chi connectivity index (χ2v) is 5.05. The highest BCUT2D eigenvalue weighted by Crippen LogP contribution is 2.28. The predicted molar refractivity (Wildman–Crippen MR) is 67.3 cm³/mol. The molecule has 0 heterocycles. The molecular weight excluding hydrogens is 346 g/mol. The highest BCUT2D eigenvalue weighted by atomic mass is 79.9. The number of rotatable bonds is 5. The Kier molecular flexibility index (Phi) is 5.34. The summed E-state index contributed by atoms with van der Waals surface area (Å²) >= 11 is 6.63. The lowest BCUT2D eigenvalue weighted by Gasteiger charge is -2.19. The molecule has 0 aromatic heterocycles. The van der Waals surface area contributed by atoms with E-state index in [1.807, 2.05) is 24.3 Å². The Hall–Kier alpha value is -0.000000000000000111. The van der Waals surface area contributed by atoms with Crippen LogP contribution in [0.1, 0.15) is 18.6 Å². The van der Waals surface area contributed by atoms with Gasteiger partial charge < -0.3 is 4.74 Å². The van der Waals surface area contributed by atoms with E-state index in [4.69, 9.17) is 4.74 Å². The van der Waals surface area contributed by atoms with Crippen molar-refractivity contribution in [2.45, 2.75) is 19.0 Å². The number of benzene rings is 1. The molecule has 0 radical (unpaired) electrons. The molecule has 1 aromatic rings. The van der Waals surface area contributed by atoms with Crippen molar-refractivity contribution in [3.8, 4) is 0 Å². The molecule has 0 spiro atoms. The van der Waals surface area contributed by atoms with Gasteiger partial charge in [-0.2, -0.15) is 0 Å². The normalized spacial score (nSPS) is 13.8. The molecule has 0 saturated heterocycles. The molecule has 0 N–H and O–H groups in total. The minimum atomic E-state index is -2.80. The number of ether oxygens (including phenoxy) is 1. The zero-order valence-corrected chi connectivity index (χ0v) is 11.9. The van der Waals surface area contributed by atoms with Crippen LogP contribution in [-0.4, -0.2) is 17.9 Å². The largest absolute Gasteiger partial charge is 0.366 e. The van der Waals surface area contributed by atoms with Crippen LogP contribution < -0.4 is 0 Å². The maximum atomic E-state index is 12.7. The molecule has 1 nitrogen and oxygen atoms in total. The molecule has 1 unspecified atom stereocenters. The van der Waals surface area contributed by atoms with Gasteiger partial charge in [-0.3, -0.25) is 0 Å². The quantitative estimate of drug-likeness (QED) is 0.702. The van der Waals surface area contributed by atoms with Crippen molar-refractivity contribution in [1.82, 2.24) is 0 Å². The molecule has 0 aliphatic heterocycles. The average molecular weight is 358 g/mol. The third-order valence-electron chi connectivity index (χ3n) is 1.93. The molecule has 1 rings (SSSR count). The third kappa shape index (κ3) is 4.47. The molecule has 1 aromatic carbocycles. The van der Waals surface area contributed by atoms with Crippen molar-refractivity contribution in [1.29, 1.82) is 0 Å². The van der Waals surface area contributed by atoms with Gasteiger partial charge in [0.25, 0.3) is 5.92 Å². The Morgan fingerprint density at radius 2 is 2.00 bits per heavy atom. The summed E-state index contributed by atoms with van der Waals surface area (Å²) in [5.41, 5.74) is 0.864. The van der Waals surface area contributed by atoms with Gasteiger partial charge in [0.15, 0.2) is 0 Å². The molecule has 0 aliphatic rings. The number of halogens is 4. The van der Waals surface area contributed by atoms with Gasteiger partial charge in [-0.25, -0.2) is 8.78 Å². The summed E-state index contributed by atoms with van der Waals surface area (Å²) in [5.74, 6) is -2.80. The number of hydrogen-bond donors (Lipinski definition) is 0. The van der Waals surface area contributed by atoms with Crippen LogP contribution in [0.2, 0.25) is 0 Å². The van der Waals surface area contributed by atoms with E-state index in [-0.39, 0.29) is 6.10 Å². The van der Waals surface area contributed by atoms with Crippen LogP contribution in [0.5, 0.6) is 0 Å². The summed E-state index contributed by atoms with van der Waals surface area (Å²) in [7, 11) is 0. The van der Waals surface area contributed by atoms with E-state index in [0.717, 1.165) is 17.0 Å². The highest BCUT2D eigenvalue weighted by Gasteiger charge is 2.24. The maximum absolute atomic E-state index is 12.7. The minimum absolute atomic E-state index is 0.374. The van der Waals surface area contributed by atoms with Gasteiger partial charge in [0.05, 0.1) is 6.10 Å². The third-order valence-corrected chi connectivity index (χ3v) is 3.24. The Balaban J connectivity index is 2.72.